The van der Waals surface area contributed by atoms with Crippen LogP contribution in [0.2, 0.25) is 0 Å². The van der Waals surface area contributed by atoms with Gasteiger partial charge in [-0.3, -0.25) is 4.90 Å². The molecule has 0 amide bonds. The van der Waals surface area contributed by atoms with Crippen molar-refractivity contribution in [1.82, 2.24) is 10.2 Å². The molecule has 1 aliphatic rings. The fourth-order valence-electron chi connectivity index (χ4n) is 2.90. The Balaban J connectivity index is 1.83. The van der Waals surface area contributed by atoms with E-state index in [0.717, 1.165) is 25.7 Å². The van der Waals surface area contributed by atoms with Gasteiger partial charge in [0.05, 0.1) is 18.3 Å². The molecular formula is C17H25F3N2O. The van der Waals surface area contributed by atoms with E-state index < -0.39 is 11.7 Å². The van der Waals surface area contributed by atoms with Gasteiger partial charge in [0.15, 0.2) is 0 Å². The van der Waals surface area contributed by atoms with Crippen LogP contribution >= 0.6 is 0 Å². The van der Waals surface area contributed by atoms with Crippen molar-refractivity contribution < 1.29 is 17.9 Å². The normalized spacial score (nSPS) is 20.2. The number of alkyl halides is 3. The minimum absolute atomic E-state index is 0.0283. The molecule has 1 aromatic rings. The first-order valence-electron chi connectivity index (χ1n) is 8.06. The maximum atomic E-state index is 12.9. The molecule has 1 aromatic carbocycles. The van der Waals surface area contributed by atoms with Crippen LogP contribution in [0.5, 0.6) is 0 Å². The standard InChI is InChI=1S/C17H25F3N2O/c1-13(2)11-22-7-8-23-15(12-22)10-21-9-14-5-3-4-6-16(14)17(18,19)20/h3-6,13,15,21H,7-12H2,1-2H3. The molecule has 0 aromatic heterocycles. The number of rotatable bonds is 6. The van der Waals surface area contributed by atoms with Crippen molar-refractivity contribution >= 4 is 0 Å². The van der Waals surface area contributed by atoms with Crippen LogP contribution < -0.4 is 5.32 Å². The van der Waals surface area contributed by atoms with Crippen molar-refractivity contribution in [2.75, 3.05) is 32.8 Å². The fraction of sp³-hybridized carbons (Fsp3) is 0.647. The summed E-state index contributed by atoms with van der Waals surface area (Å²) in [6.45, 7) is 8.56. The van der Waals surface area contributed by atoms with Gasteiger partial charge in [0.2, 0.25) is 0 Å². The van der Waals surface area contributed by atoms with E-state index in [2.05, 4.69) is 24.1 Å². The van der Waals surface area contributed by atoms with Gasteiger partial charge >= 0.3 is 6.18 Å². The Labute approximate surface area is 135 Å². The second-order valence-electron chi connectivity index (χ2n) is 6.43. The lowest BCUT2D eigenvalue weighted by Gasteiger charge is -2.34. The smallest absolute Gasteiger partial charge is 0.374 e. The highest BCUT2D eigenvalue weighted by Gasteiger charge is 2.32. The molecule has 130 valence electrons. The third-order valence-corrected chi connectivity index (χ3v) is 3.86. The van der Waals surface area contributed by atoms with Crippen molar-refractivity contribution in [3.05, 3.63) is 35.4 Å². The zero-order chi connectivity index (χ0) is 16.9. The molecule has 23 heavy (non-hydrogen) atoms. The van der Waals surface area contributed by atoms with Crippen molar-refractivity contribution in [3.8, 4) is 0 Å². The first-order chi connectivity index (χ1) is 10.9. The Kier molecular flexibility index (Phi) is 6.44. The summed E-state index contributed by atoms with van der Waals surface area (Å²) >= 11 is 0. The molecular weight excluding hydrogens is 305 g/mol. The van der Waals surface area contributed by atoms with Crippen LogP contribution in [0.25, 0.3) is 0 Å². The first-order valence-corrected chi connectivity index (χ1v) is 8.06. The lowest BCUT2D eigenvalue weighted by Crippen LogP contribution is -2.47. The number of benzene rings is 1. The van der Waals surface area contributed by atoms with Crippen LogP contribution in [0.4, 0.5) is 13.2 Å². The van der Waals surface area contributed by atoms with Crippen LogP contribution in [0.15, 0.2) is 24.3 Å². The van der Waals surface area contributed by atoms with E-state index in [1.54, 1.807) is 6.07 Å². The maximum absolute atomic E-state index is 12.9. The number of ether oxygens (including phenoxy) is 1. The van der Waals surface area contributed by atoms with Gasteiger partial charge in [-0.05, 0) is 17.5 Å². The zero-order valence-electron chi connectivity index (χ0n) is 13.7. The summed E-state index contributed by atoms with van der Waals surface area (Å²) in [5, 5.41) is 3.11. The second-order valence-corrected chi connectivity index (χ2v) is 6.43. The third-order valence-electron chi connectivity index (χ3n) is 3.86. The van der Waals surface area contributed by atoms with Gasteiger partial charge in [0.1, 0.15) is 0 Å². The lowest BCUT2D eigenvalue weighted by atomic mass is 10.1. The average molecular weight is 330 g/mol. The molecule has 1 unspecified atom stereocenters. The number of nitrogens with zero attached hydrogens (tertiary/aromatic N) is 1. The summed E-state index contributed by atoms with van der Waals surface area (Å²) in [6.07, 6.45) is -4.28. The monoisotopic (exact) mass is 330 g/mol. The Morgan fingerprint density at radius 3 is 2.74 bits per heavy atom. The van der Waals surface area contributed by atoms with Gasteiger partial charge in [0.25, 0.3) is 0 Å². The molecule has 0 saturated carbocycles. The van der Waals surface area contributed by atoms with Crippen LogP contribution in [0.1, 0.15) is 25.0 Å². The van der Waals surface area contributed by atoms with Gasteiger partial charge < -0.3 is 10.1 Å². The van der Waals surface area contributed by atoms with Gasteiger partial charge in [-0.1, -0.05) is 32.0 Å². The summed E-state index contributed by atoms with van der Waals surface area (Å²) in [5.74, 6) is 0.598. The summed E-state index contributed by atoms with van der Waals surface area (Å²) in [4.78, 5) is 2.35. The van der Waals surface area contributed by atoms with Crippen LogP contribution in [0, 0.1) is 5.92 Å². The van der Waals surface area contributed by atoms with E-state index in [4.69, 9.17) is 4.74 Å². The molecule has 0 bridgehead atoms. The molecule has 0 aliphatic carbocycles. The van der Waals surface area contributed by atoms with Gasteiger partial charge in [-0.2, -0.15) is 13.2 Å². The number of nitrogens with one attached hydrogen (secondary N) is 1. The Morgan fingerprint density at radius 2 is 2.04 bits per heavy atom. The average Bonchev–Trinajstić information content (AvgIpc) is 2.46. The molecule has 6 heteroatoms. The quantitative estimate of drug-likeness (QED) is 0.867. The minimum atomic E-state index is -4.31. The maximum Gasteiger partial charge on any atom is 0.416 e. The van der Waals surface area contributed by atoms with E-state index in [1.165, 1.54) is 12.1 Å². The SMILES string of the molecule is CC(C)CN1CCOC(CNCc2ccccc2C(F)(F)F)C1. The molecule has 1 N–H and O–H groups in total. The summed E-state index contributed by atoms with van der Waals surface area (Å²) in [5.41, 5.74) is -0.298. The highest BCUT2D eigenvalue weighted by atomic mass is 19.4. The Hall–Kier alpha value is -1.11. The van der Waals surface area contributed by atoms with Crippen molar-refractivity contribution in [2.45, 2.75) is 32.7 Å². The molecule has 3 nitrogen and oxygen atoms in total. The predicted octanol–water partition coefficient (Wildman–Crippen LogP) is 3.15. The van der Waals surface area contributed by atoms with Gasteiger partial charge in [0, 0.05) is 32.7 Å². The molecule has 1 saturated heterocycles. The van der Waals surface area contributed by atoms with Crippen molar-refractivity contribution in [2.24, 2.45) is 5.92 Å². The largest absolute Gasteiger partial charge is 0.416 e. The van der Waals surface area contributed by atoms with E-state index in [0.29, 0.717) is 19.1 Å². The summed E-state index contributed by atoms with van der Waals surface area (Å²) in [7, 11) is 0. The molecule has 1 aliphatic heterocycles. The minimum Gasteiger partial charge on any atom is -0.374 e. The highest BCUT2D eigenvalue weighted by Crippen LogP contribution is 2.31. The summed E-state index contributed by atoms with van der Waals surface area (Å²) < 4.78 is 44.5. The number of morpholine rings is 1. The second kappa shape index (κ2) is 8.13. The summed E-state index contributed by atoms with van der Waals surface area (Å²) in [6, 6.07) is 5.69. The zero-order valence-corrected chi connectivity index (χ0v) is 13.7. The van der Waals surface area contributed by atoms with Crippen molar-refractivity contribution in [1.29, 1.82) is 0 Å². The van der Waals surface area contributed by atoms with Crippen molar-refractivity contribution in [3.63, 3.8) is 0 Å². The molecule has 0 spiro atoms. The molecule has 2 rings (SSSR count). The predicted molar refractivity (Wildman–Crippen MR) is 84.2 cm³/mol. The first kappa shape index (κ1) is 18.2. The Bertz CT molecular complexity index is 491. The van der Waals surface area contributed by atoms with Crippen LogP contribution in [-0.2, 0) is 17.5 Å². The number of hydrogen-bond donors (Lipinski definition) is 1. The molecule has 1 heterocycles. The van der Waals surface area contributed by atoms with E-state index in [-0.39, 0.29) is 18.2 Å². The molecule has 1 atom stereocenters. The molecule has 1 fully saturated rings. The topological polar surface area (TPSA) is 24.5 Å². The van der Waals surface area contributed by atoms with E-state index in [1.807, 2.05) is 0 Å². The fourth-order valence-corrected chi connectivity index (χ4v) is 2.90. The molecule has 0 radical (unpaired) electrons. The van der Waals surface area contributed by atoms with Crippen LogP contribution in [-0.4, -0.2) is 43.8 Å². The number of hydrogen-bond acceptors (Lipinski definition) is 3. The third kappa shape index (κ3) is 5.79. The van der Waals surface area contributed by atoms with E-state index >= 15 is 0 Å². The lowest BCUT2D eigenvalue weighted by molar-refractivity contribution is -0.138. The Morgan fingerprint density at radius 1 is 1.30 bits per heavy atom. The van der Waals surface area contributed by atoms with E-state index in [9.17, 15) is 13.2 Å². The number of halogens is 3. The van der Waals surface area contributed by atoms with Gasteiger partial charge in [-0.25, -0.2) is 0 Å². The highest BCUT2D eigenvalue weighted by molar-refractivity contribution is 5.29. The van der Waals surface area contributed by atoms with Gasteiger partial charge in [-0.15, -0.1) is 0 Å². The van der Waals surface area contributed by atoms with Crippen LogP contribution in [0.3, 0.4) is 0 Å².